The molecule has 0 N–H and O–H groups in total. The average Bonchev–Trinajstić information content (AvgIpc) is 2.55. The van der Waals surface area contributed by atoms with Gasteiger partial charge in [0.1, 0.15) is 6.07 Å². The van der Waals surface area contributed by atoms with Crippen LogP contribution >= 0.6 is 23.5 Å². The van der Waals surface area contributed by atoms with Crippen molar-refractivity contribution in [2.45, 2.75) is 13.9 Å². The fourth-order valence-corrected chi connectivity index (χ4v) is 4.43. The lowest BCUT2D eigenvalue weighted by Crippen LogP contribution is -2.40. The van der Waals surface area contributed by atoms with Gasteiger partial charge in [-0.2, -0.15) is 5.26 Å². The van der Waals surface area contributed by atoms with E-state index in [0.717, 1.165) is 9.79 Å². The van der Waals surface area contributed by atoms with Gasteiger partial charge in [0.05, 0.1) is 0 Å². The van der Waals surface area contributed by atoms with Crippen LogP contribution in [0.3, 0.4) is 0 Å². The van der Waals surface area contributed by atoms with Crippen LogP contribution in [0.1, 0.15) is 0 Å². The number of hydrogen-bond donors (Lipinski definition) is 0. The highest BCUT2D eigenvalue weighted by atomic mass is 32.2. The van der Waals surface area contributed by atoms with Crippen LogP contribution in [0.15, 0.2) is 70.5 Å². The summed E-state index contributed by atoms with van der Waals surface area (Å²) in [7, 11) is 3.34. The van der Waals surface area contributed by atoms with E-state index >= 15 is 0 Å². The number of carbonyl (C=O) groups excluding carboxylic acids is 1. The lowest BCUT2D eigenvalue weighted by atomic mass is 10.4. The van der Waals surface area contributed by atoms with E-state index in [2.05, 4.69) is 6.07 Å². The van der Waals surface area contributed by atoms with Crippen LogP contribution < -0.4 is 0 Å². The van der Waals surface area contributed by atoms with Gasteiger partial charge in [-0.15, -0.1) is 0 Å². The number of nitriles is 1. The molecule has 0 saturated heterocycles. The third-order valence-corrected chi connectivity index (χ3v) is 5.47. The summed E-state index contributed by atoms with van der Waals surface area (Å²) in [5.74, 6) is -0.224. The highest BCUT2D eigenvalue weighted by Gasteiger charge is 2.42. The quantitative estimate of drug-likeness (QED) is 0.617. The molecule has 2 aromatic carbocycles. The molecule has 0 heterocycles. The van der Waals surface area contributed by atoms with Crippen molar-refractivity contribution in [1.82, 2.24) is 4.90 Å². The maximum absolute atomic E-state index is 12.7. The van der Waals surface area contributed by atoms with Crippen LogP contribution in [0.2, 0.25) is 0 Å². The molecule has 0 spiro atoms. The van der Waals surface area contributed by atoms with E-state index in [1.807, 2.05) is 60.7 Å². The second-order valence-electron chi connectivity index (χ2n) is 4.76. The maximum atomic E-state index is 12.7. The van der Waals surface area contributed by atoms with Crippen LogP contribution in [0, 0.1) is 11.3 Å². The topological polar surface area (TPSA) is 44.1 Å². The molecule has 0 aliphatic rings. The van der Waals surface area contributed by atoms with Gasteiger partial charge in [-0.05, 0) is 24.3 Å². The van der Waals surface area contributed by atoms with Crippen molar-refractivity contribution in [2.75, 3.05) is 14.1 Å². The smallest absolute Gasteiger partial charge is 0.264 e. The molecule has 1 amide bonds. The first kappa shape index (κ1) is 16.5. The van der Waals surface area contributed by atoms with Crippen molar-refractivity contribution in [1.29, 1.82) is 5.26 Å². The van der Waals surface area contributed by atoms with E-state index in [1.165, 1.54) is 28.4 Å². The number of nitrogens with zero attached hydrogens (tertiary/aromatic N) is 2. The summed E-state index contributed by atoms with van der Waals surface area (Å²) in [6.07, 6.45) is 0. The molecule has 0 aromatic heterocycles. The van der Waals surface area contributed by atoms with Crippen molar-refractivity contribution >= 4 is 29.4 Å². The molecule has 22 heavy (non-hydrogen) atoms. The molecule has 0 radical (unpaired) electrons. The number of benzene rings is 2. The van der Waals surface area contributed by atoms with Gasteiger partial charge in [-0.25, -0.2) is 0 Å². The minimum Gasteiger partial charge on any atom is -0.346 e. The molecule has 112 valence electrons. The molecular weight excluding hydrogens is 312 g/mol. The molecule has 0 aliphatic carbocycles. The standard InChI is InChI=1S/C17H16N2OS2/c1-19(2)16(20)17(13-18,21-14-9-5-3-6-10-14)22-15-11-7-4-8-12-15/h3-12H,1-2H3. The van der Waals surface area contributed by atoms with Gasteiger partial charge in [0.25, 0.3) is 5.91 Å². The van der Waals surface area contributed by atoms with Crippen LogP contribution in [-0.4, -0.2) is 29.0 Å². The second-order valence-corrected chi connectivity index (χ2v) is 7.59. The highest BCUT2D eigenvalue weighted by Crippen LogP contribution is 2.46. The van der Waals surface area contributed by atoms with Crippen molar-refractivity contribution in [2.24, 2.45) is 0 Å². The Kier molecular flexibility index (Phi) is 5.53. The van der Waals surface area contributed by atoms with Gasteiger partial charge < -0.3 is 4.90 Å². The fourth-order valence-electron chi connectivity index (χ4n) is 1.80. The molecule has 2 rings (SSSR count). The van der Waals surface area contributed by atoms with Crippen molar-refractivity contribution in [3.8, 4) is 6.07 Å². The minimum absolute atomic E-state index is 0.224. The van der Waals surface area contributed by atoms with E-state index in [4.69, 9.17) is 0 Å². The lowest BCUT2D eigenvalue weighted by Gasteiger charge is -2.27. The summed E-state index contributed by atoms with van der Waals surface area (Å²) >= 11 is 2.56. The Morgan fingerprint density at radius 3 is 1.68 bits per heavy atom. The summed E-state index contributed by atoms with van der Waals surface area (Å²) in [6, 6.07) is 21.3. The van der Waals surface area contributed by atoms with E-state index < -0.39 is 4.08 Å². The van der Waals surface area contributed by atoms with Gasteiger partial charge in [0.2, 0.25) is 4.08 Å². The maximum Gasteiger partial charge on any atom is 0.264 e. The van der Waals surface area contributed by atoms with E-state index in [-0.39, 0.29) is 5.91 Å². The number of thioether (sulfide) groups is 2. The Hall–Kier alpha value is -1.90. The average molecular weight is 328 g/mol. The summed E-state index contributed by atoms with van der Waals surface area (Å²) in [4.78, 5) is 15.9. The van der Waals surface area contributed by atoms with Gasteiger partial charge in [-0.3, -0.25) is 4.79 Å². The van der Waals surface area contributed by atoms with E-state index in [9.17, 15) is 10.1 Å². The molecule has 0 saturated carbocycles. The zero-order valence-electron chi connectivity index (χ0n) is 12.4. The van der Waals surface area contributed by atoms with Gasteiger partial charge >= 0.3 is 0 Å². The minimum atomic E-state index is -1.24. The van der Waals surface area contributed by atoms with Gasteiger partial charge in [0.15, 0.2) is 0 Å². The van der Waals surface area contributed by atoms with E-state index in [0.29, 0.717) is 0 Å². The van der Waals surface area contributed by atoms with Crippen LogP contribution in [0.25, 0.3) is 0 Å². The lowest BCUT2D eigenvalue weighted by molar-refractivity contribution is -0.127. The molecule has 5 heteroatoms. The van der Waals surface area contributed by atoms with Crippen LogP contribution in [0.5, 0.6) is 0 Å². The van der Waals surface area contributed by atoms with Gasteiger partial charge in [-0.1, -0.05) is 59.9 Å². The third kappa shape index (κ3) is 3.85. The summed E-state index contributed by atoms with van der Waals surface area (Å²) in [5.41, 5.74) is 0. The zero-order valence-corrected chi connectivity index (χ0v) is 14.0. The first-order valence-electron chi connectivity index (χ1n) is 6.68. The second kappa shape index (κ2) is 7.39. The Morgan fingerprint density at radius 2 is 1.36 bits per heavy atom. The summed E-state index contributed by atoms with van der Waals surface area (Å²) < 4.78 is -1.24. The molecule has 0 unspecified atom stereocenters. The molecule has 0 aliphatic heterocycles. The Bertz CT molecular complexity index is 625. The molecule has 0 atom stereocenters. The zero-order chi connectivity index (χ0) is 16.0. The number of amides is 1. The Balaban J connectivity index is 2.39. The van der Waals surface area contributed by atoms with Crippen molar-refractivity contribution in [3.05, 3.63) is 60.7 Å². The summed E-state index contributed by atoms with van der Waals surface area (Å²) in [5, 5.41) is 9.78. The van der Waals surface area contributed by atoms with Crippen molar-refractivity contribution < 1.29 is 4.79 Å². The largest absolute Gasteiger partial charge is 0.346 e. The number of carbonyl (C=O) groups is 1. The highest BCUT2D eigenvalue weighted by molar-refractivity contribution is 8.19. The summed E-state index contributed by atoms with van der Waals surface area (Å²) in [6.45, 7) is 0. The first-order valence-corrected chi connectivity index (χ1v) is 8.32. The van der Waals surface area contributed by atoms with Crippen LogP contribution in [0.4, 0.5) is 0 Å². The predicted octanol–water partition coefficient (Wildman–Crippen LogP) is 3.88. The first-order chi connectivity index (χ1) is 10.6. The SMILES string of the molecule is CN(C)C(=O)C(C#N)(Sc1ccccc1)Sc1ccccc1. The van der Waals surface area contributed by atoms with Crippen LogP contribution in [-0.2, 0) is 4.79 Å². The molecule has 3 nitrogen and oxygen atoms in total. The monoisotopic (exact) mass is 328 g/mol. The Labute approximate surface area is 139 Å². The predicted molar refractivity (Wildman–Crippen MR) is 91.6 cm³/mol. The van der Waals surface area contributed by atoms with Gasteiger partial charge in [0, 0.05) is 23.9 Å². The number of rotatable bonds is 5. The number of hydrogen-bond acceptors (Lipinski definition) is 4. The molecule has 0 fully saturated rings. The molecular formula is C17H16N2OS2. The third-order valence-electron chi connectivity index (χ3n) is 2.84. The van der Waals surface area contributed by atoms with Crippen molar-refractivity contribution in [3.63, 3.8) is 0 Å². The molecule has 0 bridgehead atoms. The Morgan fingerprint density at radius 1 is 0.955 bits per heavy atom. The van der Waals surface area contributed by atoms with E-state index in [1.54, 1.807) is 14.1 Å². The molecule has 2 aromatic rings. The fraction of sp³-hybridized carbons (Fsp3) is 0.176. The normalized spacial score (nSPS) is 10.8.